The Balaban J connectivity index is 1.87. The maximum atomic E-state index is 13.1. The van der Waals surface area contributed by atoms with Gasteiger partial charge in [0.1, 0.15) is 0 Å². The molecule has 0 N–H and O–H groups in total. The summed E-state index contributed by atoms with van der Waals surface area (Å²) in [7, 11) is 2.01. The van der Waals surface area contributed by atoms with Gasteiger partial charge in [0.15, 0.2) is 0 Å². The van der Waals surface area contributed by atoms with Crippen LogP contribution in [0.3, 0.4) is 0 Å². The molecular formula is C23H39N3O2. The summed E-state index contributed by atoms with van der Waals surface area (Å²) in [6.07, 6.45) is 11.7. The molecule has 0 spiro atoms. The van der Waals surface area contributed by atoms with Crippen molar-refractivity contribution in [3.8, 4) is 0 Å². The van der Waals surface area contributed by atoms with Gasteiger partial charge in [-0.15, -0.1) is 0 Å². The second-order valence-electron chi connectivity index (χ2n) is 8.50. The molecule has 0 atom stereocenters. The number of amides is 2. The maximum absolute atomic E-state index is 13.1. The van der Waals surface area contributed by atoms with Gasteiger partial charge in [-0.05, 0) is 45.2 Å². The maximum Gasteiger partial charge on any atom is 0.242 e. The van der Waals surface area contributed by atoms with Crippen LogP contribution in [0.5, 0.6) is 0 Å². The van der Waals surface area contributed by atoms with Crippen molar-refractivity contribution in [1.82, 2.24) is 14.4 Å². The molecule has 2 rings (SSSR count). The molecule has 0 aliphatic heterocycles. The van der Waals surface area contributed by atoms with Crippen molar-refractivity contribution in [1.29, 1.82) is 0 Å². The smallest absolute Gasteiger partial charge is 0.242 e. The Hall–Kier alpha value is -1.78. The first-order valence-electron chi connectivity index (χ1n) is 11.1. The Labute approximate surface area is 171 Å². The summed E-state index contributed by atoms with van der Waals surface area (Å²) in [5.41, 5.74) is 1.13. The van der Waals surface area contributed by atoms with Gasteiger partial charge in [-0.2, -0.15) is 0 Å². The van der Waals surface area contributed by atoms with E-state index in [0.29, 0.717) is 19.0 Å². The van der Waals surface area contributed by atoms with E-state index < -0.39 is 0 Å². The van der Waals surface area contributed by atoms with Crippen LogP contribution >= 0.6 is 0 Å². The van der Waals surface area contributed by atoms with Gasteiger partial charge in [-0.3, -0.25) is 9.59 Å². The summed E-state index contributed by atoms with van der Waals surface area (Å²) in [6, 6.07) is 4.46. The molecule has 0 aromatic carbocycles. The normalized spacial score (nSPS) is 13.8. The molecule has 5 heteroatoms. The average Bonchev–Trinajstić information content (AvgIpc) is 3.42. The molecule has 1 aliphatic carbocycles. The minimum absolute atomic E-state index is 0.0487. The molecule has 5 nitrogen and oxygen atoms in total. The fourth-order valence-electron chi connectivity index (χ4n) is 3.64. The van der Waals surface area contributed by atoms with Crippen molar-refractivity contribution in [3.63, 3.8) is 0 Å². The molecule has 2 amide bonds. The summed E-state index contributed by atoms with van der Waals surface area (Å²) >= 11 is 0. The van der Waals surface area contributed by atoms with E-state index in [4.69, 9.17) is 0 Å². The Kier molecular flexibility index (Phi) is 9.07. The minimum Gasteiger partial charge on any atom is -0.353 e. The Morgan fingerprint density at radius 2 is 1.79 bits per heavy atom. The first kappa shape index (κ1) is 22.5. The highest BCUT2D eigenvalue weighted by Gasteiger charge is 2.34. The van der Waals surface area contributed by atoms with E-state index in [1.54, 1.807) is 4.90 Å². The van der Waals surface area contributed by atoms with Gasteiger partial charge in [0, 0.05) is 37.4 Å². The van der Waals surface area contributed by atoms with Gasteiger partial charge in [0.05, 0.1) is 13.1 Å². The molecule has 1 fully saturated rings. The number of nitrogens with zero attached hydrogens (tertiary/aromatic N) is 3. The van der Waals surface area contributed by atoms with E-state index in [1.165, 1.54) is 25.7 Å². The van der Waals surface area contributed by atoms with Gasteiger partial charge in [0.25, 0.3) is 0 Å². The van der Waals surface area contributed by atoms with Gasteiger partial charge in [-0.25, -0.2) is 0 Å². The fraction of sp³-hybridized carbons (Fsp3) is 0.739. The van der Waals surface area contributed by atoms with E-state index in [9.17, 15) is 9.59 Å². The summed E-state index contributed by atoms with van der Waals surface area (Å²) in [4.78, 5) is 29.5. The van der Waals surface area contributed by atoms with Crippen LogP contribution in [-0.2, 0) is 23.2 Å². The van der Waals surface area contributed by atoms with E-state index in [0.717, 1.165) is 31.4 Å². The highest BCUT2D eigenvalue weighted by molar-refractivity contribution is 5.85. The zero-order valence-corrected chi connectivity index (χ0v) is 18.3. The first-order chi connectivity index (χ1) is 13.4. The lowest BCUT2D eigenvalue weighted by atomic mass is 10.1. The topological polar surface area (TPSA) is 45.6 Å². The molecule has 1 aromatic rings. The molecule has 0 radical (unpaired) electrons. The van der Waals surface area contributed by atoms with Crippen LogP contribution in [0, 0.1) is 0 Å². The lowest BCUT2D eigenvalue weighted by molar-refractivity contribution is -0.142. The first-order valence-corrected chi connectivity index (χ1v) is 11.1. The number of rotatable bonds is 13. The number of carbonyl (C=O) groups is 2. The molecule has 158 valence electrons. The van der Waals surface area contributed by atoms with Gasteiger partial charge >= 0.3 is 0 Å². The molecule has 28 heavy (non-hydrogen) atoms. The summed E-state index contributed by atoms with van der Waals surface area (Å²) in [6.45, 7) is 7.05. The SMILES string of the molecule is CCCCCCCCC(=O)N(CC(=O)N(Cc1cccn1C)C1CC1)C(C)C. The lowest BCUT2D eigenvalue weighted by Crippen LogP contribution is -2.46. The standard InChI is InChI=1S/C23H39N3O2/c1-5-6-7-8-9-10-13-22(27)25(19(2)3)18-23(28)26(20-14-15-20)17-21-12-11-16-24(21)4/h11-12,16,19-20H,5-10,13-15,17-18H2,1-4H3. The van der Waals surface area contributed by atoms with Crippen molar-refractivity contribution in [2.24, 2.45) is 7.05 Å². The molecule has 1 aromatic heterocycles. The van der Waals surface area contributed by atoms with Crippen LogP contribution in [0.15, 0.2) is 18.3 Å². The molecule has 0 saturated heterocycles. The third-order valence-corrected chi connectivity index (χ3v) is 5.69. The summed E-state index contributed by atoms with van der Waals surface area (Å²) in [5, 5.41) is 0. The van der Waals surface area contributed by atoms with Crippen LogP contribution in [0.2, 0.25) is 0 Å². The van der Waals surface area contributed by atoms with Crippen molar-refractivity contribution in [3.05, 3.63) is 24.0 Å². The molecule has 1 heterocycles. The number of hydrogen-bond donors (Lipinski definition) is 0. The number of unbranched alkanes of at least 4 members (excludes halogenated alkanes) is 5. The highest BCUT2D eigenvalue weighted by atomic mass is 16.2. The molecule has 1 aliphatic rings. The van der Waals surface area contributed by atoms with E-state index in [-0.39, 0.29) is 24.4 Å². The second-order valence-corrected chi connectivity index (χ2v) is 8.50. The van der Waals surface area contributed by atoms with Gasteiger partial charge in [0.2, 0.25) is 11.8 Å². The summed E-state index contributed by atoms with van der Waals surface area (Å²) in [5.74, 6) is 0.196. The molecule has 0 unspecified atom stereocenters. The molecule has 0 bridgehead atoms. The fourth-order valence-corrected chi connectivity index (χ4v) is 3.64. The van der Waals surface area contributed by atoms with E-state index in [1.807, 2.05) is 38.1 Å². The van der Waals surface area contributed by atoms with Crippen molar-refractivity contribution in [2.75, 3.05) is 6.54 Å². The summed E-state index contributed by atoms with van der Waals surface area (Å²) < 4.78 is 2.06. The lowest BCUT2D eigenvalue weighted by Gasteiger charge is -2.30. The van der Waals surface area contributed by atoms with Crippen LogP contribution in [0.4, 0.5) is 0 Å². The van der Waals surface area contributed by atoms with E-state index in [2.05, 4.69) is 17.6 Å². The number of aromatic nitrogens is 1. The monoisotopic (exact) mass is 389 g/mol. The van der Waals surface area contributed by atoms with Crippen LogP contribution in [0.1, 0.15) is 84.3 Å². The second kappa shape index (κ2) is 11.3. The Bertz CT molecular complexity index is 619. The van der Waals surface area contributed by atoms with Crippen molar-refractivity contribution < 1.29 is 9.59 Å². The number of hydrogen-bond acceptors (Lipinski definition) is 2. The highest BCUT2D eigenvalue weighted by Crippen LogP contribution is 2.28. The van der Waals surface area contributed by atoms with Gasteiger partial charge in [-0.1, -0.05) is 39.0 Å². The molecule has 1 saturated carbocycles. The van der Waals surface area contributed by atoms with Crippen LogP contribution in [-0.4, -0.2) is 44.8 Å². The number of carbonyl (C=O) groups excluding carboxylic acids is 2. The zero-order valence-electron chi connectivity index (χ0n) is 18.3. The van der Waals surface area contributed by atoms with Crippen molar-refractivity contribution >= 4 is 11.8 Å². The Morgan fingerprint density at radius 1 is 1.11 bits per heavy atom. The minimum atomic E-state index is 0.0487. The third-order valence-electron chi connectivity index (χ3n) is 5.69. The van der Waals surface area contributed by atoms with Gasteiger partial charge < -0.3 is 14.4 Å². The van der Waals surface area contributed by atoms with Crippen LogP contribution < -0.4 is 0 Å². The van der Waals surface area contributed by atoms with Crippen molar-refractivity contribution in [2.45, 2.75) is 97.2 Å². The quantitative estimate of drug-likeness (QED) is 0.466. The van der Waals surface area contributed by atoms with E-state index >= 15 is 0 Å². The number of aryl methyl sites for hydroxylation is 1. The zero-order chi connectivity index (χ0) is 20.5. The average molecular weight is 390 g/mol. The van der Waals surface area contributed by atoms with Crippen LogP contribution in [0.25, 0.3) is 0 Å². The molecular weight excluding hydrogens is 350 g/mol. The predicted molar refractivity (Wildman–Crippen MR) is 114 cm³/mol. The largest absolute Gasteiger partial charge is 0.353 e. The third kappa shape index (κ3) is 6.99. The Morgan fingerprint density at radius 3 is 2.36 bits per heavy atom. The predicted octanol–water partition coefficient (Wildman–Crippen LogP) is 4.50.